The lowest BCUT2D eigenvalue weighted by atomic mass is 10.3. The number of amides is 1. The van der Waals surface area contributed by atoms with Crippen LogP contribution < -0.4 is 15.8 Å². The Kier molecular flexibility index (Phi) is 6.41. The molecule has 0 bridgehead atoms. The Bertz CT molecular complexity index is 291. The average Bonchev–Trinajstić information content (AvgIpc) is 2.11. The molecule has 0 aromatic carbocycles. The number of sulfonamides is 1. The van der Waals surface area contributed by atoms with E-state index < -0.39 is 16.1 Å². The van der Waals surface area contributed by atoms with E-state index in [2.05, 4.69) is 14.8 Å². The lowest BCUT2D eigenvalue weighted by Gasteiger charge is -2.10. The van der Waals surface area contributed by atoms with Crippen molar-refractivity contribution >= 4 is 15.9 Å². The van der Waals surface area contributed by atoms with Gasteiger partial charge >= 0.3 is 0 Å². The van der Waals surface area contributed by atoms with Crippen molar-refractivity contribution in [3.8, 4) is 0 Å². The lowest BCUT2D eigenvalue weighted by molar-refractivity contribution is -0.123. The van der Waals surface area contributed by atoms with Crippen molar-refractivity contribution in [3.05, 3.63) is 0 Å². The Balaban J connectivity index is 3.64. The summed E-state index contributed by atoms with van der Waals surface area (Å²) in [5.41, 5.74) is 5.42. The summed E-state index contributed by atoms with van der Waals surface area (Å²) in [7, 11) is -1.77. The number of nitrogens with one attached hydrogen (secondary N) is 2. The fourth-order valence-electron chi connectivity index (χ4n) is 0.808. The molecular formula is C7H17N3O4S. The molecule has 0 spiro atoms. The largest absolute Gasteiger partial charge is 0.383 e. The molecular weight excluding hydrogens is 222 g/mol. The zero-order valence-corrected chi connectivity index (χ0v) is 9.63. The molecule has 15 heavy (non-hydrogen) atoms. The third-order valence-corrected chi connectivity index (χ3v) is 2.20. The molecule has 0 aromatic heterocycles. The highest BCUT2D eigenvalue weighted by Crippen LogP contribution is 1.80. The molecule has 0 saturated heterocycles. The lowest BCUT2D eigenvalue weighted by Crippen LogP contribution is -2.45. The number of carbonyl (C=O) groups is 1. The zero-order valence-electron chi connectivity index (χ0n) is 8.82. The first-order valence-electron chi connectivity index (χ1n) is 4.33. The van der Waals surface area contributed by atoms with E-state index in [1.54, 1.807) is 0 Å². The van der Waals surface area contributed by atoms with Crippen molar-refractivity contribution in [2.24, 2.45) is 5.73 Å². The van der Waals surface area contributed by atoms with Crippen LogP contribution in [0.1, 0.15) is 0 Å². The second-order valence-electron chi connectivity index (χ2n) is 3.02. The fourth-order valence-corrected chi connectivity index (χ4v) is 1.28. The second-order valence-corrected chi connectivity index (χ2v) is 4.85. The standard InChI is InChI=1S/C7H17N3O4S/c1-14-5-6(8)7(11)9-3-4-10-15(2,12)13/h6,10H,3-5,8H2,1-2H3,(H,9,11). The summed E-state index contributed by atoms with van der Waals surface area (Å²) in [6.45, 7) is 0.471. The fraction of sp³-hybridized carbons (Fsp3) is 0.857. The first-order valence-corrected chi connectivity index (χ1v) is 6.23. The van der Waals surface area contributed by atoms with Gasteiger partial charge in [-0.05, 0) is 0 Å². The predicted octanol–water partition coefficient (Wildman–Crippen LogP) is -2.37. The minimum atomic E-state index is -3.21. The predicted molar refractivity (Wildman–Crippen MR) is 55.7 cm³/mol. The van der Waals surface area contributed by atoms with Crippen LogP contribution in [0.25, 0.3) is 0 Å². The second kappa shape index (κ2) is 6.72. The molecule has 90 valence electrons. The van der Waals surface area contributed by atoms with Gasteiger partial charge in [0.25, 0.3) is 0 Å². The molecule has 0 aliphatic heterocycles. The maximum atomic E-state index is 11.2. The van der Waals surface area contributed by atoms with Gasteiger partial charge in [-0.1, -0.05) is 0 Å². The molecule has 7 nitrogen and oxygen atoms in total. The van der Waals surface area contributed by atoms with Crippen LogP contribution in [-0.4, -0.2) is 53.4 Å². The Morgan fingerprint density at radius 2 is 2.07 bits per heavy atom. The maximum Gasteiger partial charge on any atom is 0.239 e. The molecule has 8 heteroatoms. The SMILES string of the molecule is COCC(N)C(=O)NCCNS(C)(=O)=O. The minimum Gasteiger partial charge on any atom is -0.383 e. The average molecular weight is 239 g/mol. The number of hydrogen-bond donors (Lipinski definition) is 3. The first kappa shape index (κ1) is 14.3. The Hall–Kier alpha value is -0.700. The van der Waals surface area contributed by atoms with E-state index in [-0.39, 0.29) is 25.6 Å². The van der Waals surface area contributed by atoms with Crippen molar-refractivity contribution in [1.82, 2.24) is 10.0 Å². The number of rotatable bonds is 7. The highest BCUT2D eigenvalue weighted by Gasteiger charge is 2.11. The molecule has 0 aliphatic rings. The van der Waals surface area contributed by atoms with Gasteiger partial charge in [-0.25, -0.2) is 13.1 Å². The van der Waals surface area contributed by atoms with Crippen molar-refractivity contribution in [2.75, 3.05) is 33.1 Å². The topological polar surface area (TPSA) is 111 Å². The molecule has 0 heterocycles. The molecule has 0 aromatic rings. The highest BCUT2D eigenvalue weighted by molar-refractivity contribution is 7.88. The van der Waals surface area contributed by atoms with Gasteiger partial charge in [0, 0.05) is 20.2 Å². The normalized spacial score (nSPS) is 13.5. The van der Waals surface area contributed by atoms with Crippen LogP contribution in [-0.2, 0) is 19.6 Å². The smallest absolute Gasteiger partial charge is 0.239 e. The number of carbonyl (C=O) groups excluding carboxylic acids is 1. The van der Waals surface area contributed by atoms with Crippen molar-refractivity contribution in [3.63, 3.8) is 0 Å². The van der Waals surface area contributed by atoms with Crippen molar-refractivity contribution in [2.45, 2.75) is 6.04 Å². The van der Waals surface area contributed by atoms with Gasteiger partial charge in [-0.3, -0.25) is 4.79 Å². The highest BCUT2D eigenvalue weighted by atomic mass is 32.2. The quantitative estimate of drug-likeness (QED) is 0.430. The summed E-state index contributed by atoms with van der Waals surface area (Å²) in [5, 5.41) is 2.47. The van der Waals surface area contributed by atoms with E-state index in [1.807, 2.05) is 0 Å². The molecule has 0 radical (unpaired) electrons. The monoisotopic (exact) mass is 239 g/mol. The van der Waals surface area contributed by atoms with E-state index in [9.17, 15) is 13.2 Å². The van der Waals surface area contributed by atoms with Crippen LogP contribution in [0.2, 0.25) is 0 Å². The van der Waals surface area contributed by atoms with Gasteiger partial charge in [-0.15, -0.1) is 0 Å². The molecule has 0 saturated carbocycles. The molecule has 1 atom stereocenters. The van der Waals surface area contributed by atoms with Gasteiger partial charge in [0.15, 0.2) is 0 Å². The molecule has 0 aliphatic carbocycles. The molecule has 4 N–H and O–H groups in total. The summed E-state index contributed by atoms with van der Waals surface area (Å²) in [5.74, 6) is -0.368. The summed E-state index contributed by atoms with van der Waals surface area (Å²) < 4.78 is 28.2. The number of nitrogens with two attached hydrogens (primary N) is 1. The number of hydrogen-bond acceptors (Lipinski definition) is 5. The molecule has 0 fully saturated rings. The number of ether oxygens (including phenoxy) is 1. The molecule has 1 unspecified atom stereocenters. The van der Waals surface area contributed by atoms with Crippen molar-refractivity contribution < 1.29 is 17.9 Å². The van der Waals surface area contributed by atoms with Gasteiger partial charge in [0.1, 0.15) is 6.04 Å². The van der Waals surface area contributed by atoms with Crippen LogP contribution in [0, 0.1) is 0 Å². The van der Waals surface area contributed by atoms with E-state index in [0.717, 1.165) is 6.26 Å². The van der Waals surface area contributed by atoms with Gasteiger partial charge in [0.2, 0.25) is 15.9 Å². The van der Waals surface area contributed by atoms with Crippen molar-refractivity contribution in [1.29, 1.82) is 0 Å². The third kappa shape index (κ3) is 8.30. The summed E-state index contributed by atoms with van der Waals surface area (Å²) in [6.07, 6.45) is 1.05. The Labute approximate surface area is 89.4 Å². The van der Waals surface area contributed by atoms with Gasteiger partial charge in [0.05, 0.1) is 12.9 Å². The number of methoxy groups -OCH3 is 1. The summed E-state index contributed by atoms with van der Waals surface area (Å²) in [6, 6.07) is -0.728. The molecule has 1 amide bonds. The minimum absolute atomic E-state index is 0.130. The zero-order chi connectivity index (χ0) is 11.9. The van der Waals surface area contributed by atoms with Crippen LogP contribution in [0.5, 0.6) is 0 Å². The molecule has 0 rings (SSSR count). The Morgan fingerprint density at radius 3 is 2.53 bits per heavy atom. The Morgan fingerprint density at radius 1 is 1.47 bits per heavy atom. The van der Waals surface area contributed by atoms with E-state index in [1.165, 1.54) is 7.11 Å². The van der Waals surface area contributed by atoms with E-state index >= 15 is 0 Å². The third-order valence-electron chi connectivity index (χ3n) is 1.47. The van der Waals surface area contributed by atoms with Crippen LogP contribution in [0.15, 0.2) is 0 Å². The maximum absolute atomic E-state index is 11.2. The van der Waals surface area contributed by atoms with E-state index in [4.69, 9.17) is 5.73 Å². The van der Waals surface area contributed by atoms with Gasteiger partial charge < -0.3 is 15.8 Å². The van der Waals surface area contributed by atoms with Crippen LogP contribution in [0.4, 0.5) is 0 Å². The van der Waals surface area contributed by atoms with Crippen LogP contribution in [0.3, 0.4) is 0 Å². The van der Waals surface area contributed by atoms with E-state index in [0.29, 0.717) is 0 Å². The first-order chi connectivity index (χ1) is 6.87. The summed E-state index contributed by atoms with van der Waals surface area (Å²) in [4.78, 5) is 11.2. The van der Waals surface area contributed by atoms with Crippen LogP contribution >= 0.6 is 0 Å². The van der Waals surface area contributed by atoms with Gasteiger partial charge in [-0.2, -0.15) is 0 Å². The summed E-state index contributed by atoms with van der Waals surface area (Å²) >= 11 is 0.